The maximum absolute atomic E-state index is 13.4. The van der Waals surface area contributed by atoms with Crippen LogP contribution in [0.4, 0.5) is 24.9 Å². The third-order valence-electron chi connectivity index (χ3n) is 6.50. The van der Waals surface area contributed by atoms with E-state index in [1.54, 1.807) is 6.92 Å². The van der Waals surface area contributed by atoms with E-state index in [1.165, 1.54) is 11.3 Å². The summed E-state index contributed by atoms with van der Waals surface area (Å²) in [5.41, 5.74) is 1.19. The van der Waals surface area contributed by atoms with Crippen LogP contribution in [0, 0.1) is 0 Å². The second-order valence-electron chi connectivity index (χ2n) is 9.55. The predicted octanol–water partition coefficient (Wildman–Crippen LogP) is 2.95. The molecule has 1 amide bonds. The molecule has 5 rings (SSSR count). The molecule has 1 aromatic carbocycles. The number of aliphatic carboxylic acids is 1. The first kappa shape index (κ1) is 29.3. The largest absolute Gasteiger partial charge is 0.490 e. The van der Waals surface area contributed by atoms with Crippen LogP contribution in [-0.2, 0) is 9.59 Å². The molecule has 2 fully saturated rings. The standard InChI is InChI=1S/C23H29N7O2S.C2HF3O2/c1-14(31)25-15-8-11-30(12-9-15)23-28-20(26-16-5-4-10-24-13-16)19(21(32)29-23)22-27-17-6-2-3-7-18(17)33-22;3-2(4,5)1(6)7/h2-3,6-7,15-16,24H,4-5,8-13H2,1H3,(H,25,31)(H2,26,28,29,32);(H,6,7)/t16-;/m1./s1. The third kappa shape index (κ3) is 7.47. The number of rotatable bonds is 5. The number of carbonyl (C=O) groups excluding carboxylic acids is 1. The number of hydrogen-bond donors (Lipinski definition) is 5. The molecule has 0 aliphatic carbocycles. The number of nitrogens with zero attached hydrogens (tertiary/aromatic N) is 3. The SMILES string of the molecule is CC(=O)NC1CCN(c2nc(N[C@@H]3CCCNC3)c(-c3nc4ccccc4s3)c(=O)[nH]2)CC1.O=C(O)C(F)(F)F. The number of piperidine rings is 2. The highest BCUT2D eigenvalue weighted by Crippen LogP contribution is 2.33. The Morgan fingerprint density at radius 3 is 2.42 bits per heavy atom. The number of carboxylic acid groups (broad SMARTS) is 1. The van der Waals surface area contributed by atoms with E-state index in [0.717, 1.165) is 62.1 Å². The molecule has 2 aromatic heterocycles. The number of H-pyrrole nitrogens is 1. The van der Waals surface area contributed by atoms with Gasteiger partial charge in [-0.3, -0.25) is 14.6 Å². The molecule has 216 valence electrons. The number of anilines is 2. The van der Waals surface area contributed by atoms with Gasteiger partial charge in [0.25, 0.3) is 5.56 Å². The van der Waals surface area contributed by atoms with Crippen molar-refractivity contribution in [1.82, 2.24) is 25.6 Å². The van der Waals surface area contributed by atoms with Gasteiger partial charge >= 0.3 is 12.1 Å². The third-order valence-corrected chi connectivity index (χ3v) is 7.55. The lowest BCUT2D eigenvalue weighted by Gasteiger charge is -2.33. The van der Waals surface area contributed by atoms with Crippen LogP contribution in [0.3, 0.4) is 0 Å². The number of aromatic nitrogens is 3. The fraction of sp³-hybridized carbons (Fsp3) is 0.480. The molecule has 15 heteroatoms. The number of para-hydroxylation sites is 1. The summed E-state index contributed by atoms with van der Waals surface area (Å²) in [6.07, 6.45) is -1.34. The quantitative estimate of drug-likeness (QED) is 0.306. The molecule has 0 radical (unpaired) electrons. The summed E-state index contributed by atoms with van der Waals surface area (Å²) in [6.45, 7) is 4.84. The zero-order chi connectivity index (χ0) is 28.9. The number of aromatic amines is 1. The maximum atomic E-state index is 13.4. The van der Waals surface area contributed by atoms with Crippen LogP contribution >= 0.6 is 11.3 Å². The molecule has 0 saturated carbocycles. The number of carbonyl (C=O) groups is 2. The Kier molecular flexibility index (Phi) is 9.25. The molecule has 5 N–H and O–H groups in total. The molecular formula is C25H30F3N7O4S. The van der Waals surface area contributed by atoms with Crippen molar-refractivity contribution < 1.29 is 27.9 Å². The van der Waals surface area contributed by atoms with E-state index in [9.17, 15) is 22.8 Å². The van der Waals surface area contributed by atoms with Crippen molar-refractivity contribution in [3.8, 4) is 10.6 Å². The number of benzene rings is 1. The normalized spacial score (nSPS) is 18.1. The molecule has 40 heavy (non-hydrogen) atoms. The highest BCUT2D eigenvalue weighted by atomic mass is 32.1. The summed E-state index contributed by atoms with van der Waals surface area (Å²) in [4.78, 5) is 48.4. The van der Waals surface area contributed by atoms with Crippen molar-refractivity contribution in [2.75, 3.05) is 36.4 Å². The number of carboxylic acids is 1. The number of amides is 1. The van der Waals surface area contributed by atoms with Crippen molar-refractivity contribution >= 4 is 45.2 Å². The highest BCUT2D eigenvalue weighted by Gasteiger charge is 2.38. The van der Waals surface area contributed by atoms with Crippen LogP contribution in [-0.4, -0.2) is 76.4 Å². The Morgan fingerprint density at radius 2 is 1.82 bits per heavy atom. The molecular weight excluding hydrogens is 551 g/mol. The van der Waals surface area contributed by atoms with Crippen molar-refractivity contribution in [1.29, 1.82) is 0 Å². The Labute approximate surface area is 231 Å². The summed E-state index contributed by atoms with van der Waals surface area (Å²) in [5, 5.41) is 17.7. The summed E-state index contributed by atoms with van der Waals surface area (Å²) in [7, 11) is 0. The van der Waals surface area contributed by atoms with Gasteiger partial charge in [0.1, 0.15) is 16.4 Å². The minimum absolute atomic E-state index is 0.00672. The van der Waals surface area contributed by atoms with Gasteiger partial charge in [-0.2, -0.15) is 18.2 Å². The summed E-state index contributed by atoms with van der Waals surface area (Å²) in [5.74, 6) is -1.61. The number of alkyl halides is 3. The van der Waals surface area contributed by atoms with Crippen LogP contribution in [0.15, 0.2) is 29.1 Å². The van der Waals surface area contributed by atoms with Gasteiger partial charge in [-0.1, -0.05) is 12.1 Å². The van der Waals surface area contributed by atoms with Crippen molar-refractivity contribution in [2.24, 2.45) is 0 Å². The van der Waals surface area contributed by atoms with E-state index >= 15 is 0 Å². The molecule has 4 heterocycles. The van der Waals surface area contributed by atoms with E-state index in [0.29, 0.717) is 22.3 Å². The molecule has 0 unspecified atom stereocenters. The molecule has 2 saturated heterocycles. The zero-order valence-corrected chi connectivity index (χ0v) is 22.5. The summed E-state index contributed by atoms with van der Waals surface area (Å²) >= 11 is 1.51. The number of thiazole rings is 1. The first-order valence-electron chi connectivity index (χ1n) is 12.8. The highest BCUT2D eigenvalue weighted by molar-refractivity contribution is 7.21. The monoisotopic (exact) mass is 581 g/mol. The predicted molar refractivity (Wildman–Crippen MR) is 146 cm³/mol. The molecule has 3 aromatic rings. The second-order valence-corrected chi connectivity index (χ2v) is 10.6. The van der Waals surface area contributed by atoms with E-state index in [-0.39, 0.29) is 23.6 Å². The lowest BCUT2D eigenvalue weighted by atomic mass is 10.1. The van der Waals surface area contributed by atoms with Gasteiger partial charge in [0.15, 0.2) is 0 Å². The van der Waals surface area contributed by atoms with Crippen molar-refractivity contribution in [3.05, 3.63) is 34.6 Å². The summed E-state index contributed by atoms with van der Waals surface area (Å²) in [6, 6.07) is 8.28. The molecule has 2 aliphatic heterocycles. The van der Waals surface area contributed by atoms with Gasteiger partial charge in [0, 0.05) is 38.6 Å². The number of fused-ring (bicyclic) bond motifs is 1. The van der Waals surface area contributed by atoms with Gasteiger partial charge in [-0.15, -0.1) is 11.3 Å². The van der Waals surface area contributed by atoms with Gasteiger partial charge < -0.3 is 26.0 Å². The zero-order valence-electron chi connectivity index (χ0n) is 21.7. The molecule has 1 atom stereocenters. The van der Waals surface area contributed by atoms with Crippen LogP contribution in [0.5, 0.6) is 0 Å². The molecule has 0 bridgehead atoms. The summed E-state index contributed by atoms with van der Waals surface area (Å²) < 4.78 is 32.8. The topological polar surface area (TPSA) is 152 Å². The minimum atomic E-state index is -5.08. The number of halogens is 3. The van der Waals surface area contributed by atoms with Crippen molar-refractivity contribution in [3.63, 3.8) is 0 Å². The average Bonchev–Trinajstić information content (AvgIpc) is 3.32. The molecule has 11 nitrogen and oxygen atoms in total. The second kappa shape index (κ2) is 12.6. The van der Waals surface area contributed by atoms with Crippen LogP contribution in [0.1, 0.15) is 32.6 Å². The van der Waals surface area contributed by atoms with Crippen LogP contribution < -0.4 is 26.4 Å². The first-order chi connectivity index (χ1) is 19.0. The van der Waals surface area contributed by atoms with E-state index in [1.807, 2.05) is 24.3 Å². The minimum Gasteiger partial charge on any atom is -0.475 e. The molecule has 2 aliphatic rings. The lowest BCUT2D eigenvalue weighted by molar-refractivity contribution is -0.192. The number of nitrogens with one attached hydrogen (secondary N) is 4. The average molecular weight is 582 g/mol. The van der Waals surface area contributed by atoms with Crippen LogP contribution in [0.2, 0.25) is 0 Å². The maximum Gasteiger partial charge on any atom is 0.490 e. The fourth-order valence-electron chi connectivity index (χ4n) is 4.58. The van der Waals surface area contributed by atoms with Crippen molar-refractivity contribution in [2.45, 2.75) is 50.9 Å². The van der Waals surface area contributed by atoms with Gasteiger partial charge in [0.05, 0.1) is 10.2 Å². The fourth-order valence-corrected chi connectivity index (χ4v) is 5.59. The molecule has 0 spiro atoms. The lowest BCUT2D eigenvalue weighted by Crippen LogP contribution is -2.45. The smallest absolute Gasteiger partial charge is 0.475 e. The number of hydrogen-bond acceptors (Lipinski definition) is 9. The van der Waals surface area contributed by atoms with Gasteiger partial charge in [-0.25, -0.2) is 9.78 Å². The Bertz CT molecular complexity index is 1360. The van der Waals surface area contributed by atoms with E-state index in [2.05, 4.69) is 25.8 Å². The Hall–Kier alpha value is -3.72. The van der Waals surface area contributed by atoms with E-state index in [4.69, 9.17) is 19.9 Å². The van der Waals surface area contributed by atoms with E-state index < -0.39 is 12.1 Å². The van der Waals surface area contributed by atoms with Crippen LogP contribution in [0.25, 0.3) is 20.8 Å². The van der Waals surface area contributed by atoms with Gasteiger partial charge in [-0.05, 0) is 44.4 Å². The Balaban J connectivity index is 0.000000470. The van der Waals surface area contributed by atoms with Gasteiger partial charge in [0.2, 0.25) is 11.9 Å². The Morgan fingerprint density at radius 1 is 1.12 bits per heavy atom. The first-order valence-corrected chi connectivity index (χ1v) is 13.6.